The van der Waals surface area contributed by atoms with Crippen molar-refractivity contribution in [3.63, 3.8) is 0 Å². The smallest absolute Gasteiger partial charge is 0.277 e. The van der Waals surface area contributed by atoms with Crippen LogP contribution >= 0.6 is 0 Å². The Balaban J connectivity index is 1.29. The van der Waals surface area contributed by atoms with E-state index in [0.717, 1.165) is 44.8 Å². The SMILES string of the molecule is CCc1nc(C(=O)Nc2cc(C(=O)NCCCN3CCCC3=O)ccc2N2CCN(c3ccccc3C)CC2)co1. The van der Waals surface area contributed by atoms with E-state index in [1.165, 1.54) is 17.5 Å². The first kappa shape index (κ1) is 28.2. The van der Waals surface area contributed by atoms with Gasteiger partial charge in [0.1, 0.15) is 6.26 Å². The van der Waals surface area contributed by atoms with Crippen LogP contribution in [0.15, 0.2) is 53.1 Å². The second kappa shape index (κ2) is 12.9. The van der Waals surface area contributed by atoms with E-state index in [-0.39, 0.29) is 23.4 Å². The summed E-state index contributed by atoms with van der Waals surface area (Å²) in [7, 11) is 0. The fraction of sp³-hybridized carbons (Fsp3) is 0.419. The summed E-state index contributed by atoms with van der Waals surface area (Å²) in [5, 5.41) is 5.93. The number of aryl methyl sites for hydroxylation is 2. The average molecular weight is 559 g/mol. The van der Waals surface area contributed by atoms with Crippen LogP contribution in [0.5, 0.6) is 0 Å². The van der Waals surface area contributed by atoms with Crippen molar-refractivity contribution in [2.45, 2.75) is 39.5 Å². The molecule has 2 saturated heterocycles. The number of likely N-dealkylation sites (tertiary alicyclic amines) is 1. The number of para-hydroxylation sites is 1. The number of benzene rings is 2. The van der Waals surface area contributed by atoms with Crippen LogP contribution in [0.2, 0.25) is 0 Å². The molecule has 1 aromatic heterocycles. The van der Waals surface area contributed by atoms with Gasteiger partial charge in [0.15, 0.2) is 11.6 Å². The molecular formula is C31H38N6O4. The van der Waals surface area contributed by atoms with Gasteiger partial charge in [-0.3, -0.25) is 14.4 Å². The van der Waals surface area contributed by atoms with Crippen molar-refractivity contribution < 1.29 is 18.8 Å². The molecule has 3 amide bonds. The number of carbonyl (C=O) groups excluding carboxylic acids is 3. The molecule has 216 valence electrons. The van der Waals surface area contributed by atoms with Crippen LogP contribution < -0.4 is 20.4 Å². The van der Waals surface area contributed by atoms with Gasteiger partial charge in [-0.1, -0.05) is 25.1 Å². The minimum Gasteiger partial charge on any atom is -0.448 e. The van der Waals surface area contributed by atoms with E-state index in [2.05, 4.69) is 56.6 Å². The molecule has 5 rings (SSSR count). The highest BCUT2D eigenvalue weighted by Gasteiger charge is 2.23. The Morgan fingerprint density at radius 2 is 1.73 bits per heavy atom. The molecule has 2 fully saturated rings. The van der Waals surface area contributed by atoms with Crippen LogP contribution in [0.25, 0.3) is 0 Å². The Morgan fingerprint density at radius 3 is 2.41 bits per heavy atom. The number of hydrogen-bond acceptors (Lipinski definition) is 7. The maximum absolute atomic E-state index is 13.1. The molecule has 2 N–H and O–H groups in total. The lowest BCUT2D eigenvalue weighted by Gasteiger charge is -2.38. The Hall–Kier alpha value is -4.34. The quantitative estimate of drug-likeness (QED) is 0.364. The molecule has 0 aliphatic carbocycles. The van der Waals surface area contributed by atoms with E-state index in [1.54, 1.807) is 12.1 Å². The van der Waals surface area contributed by atoms with Crippen molar-refractivity contribution in [1.29, 1.82) is 0 Å². The summed E-state index contributed by atoms with van der Waals surface area (Å²) < 4.78 is 5.37. The van der Waals surface area contributed by atoms with Gasteiger partial charge in [0, 0.05) is 69.9 Å². The zero-order chi connectivity index (χ0) is 28.8. The van der Waals surface area contributed by atoms with E-state index < -0.39 is 0 Å². The highest BCUT2D eigenvalue weighted by Crippen LogP contribution is 2.30. The first-order valence-electron chi connectivity index (χ1n) is 14.4. The highest BCUT2D eigenvalue weighted by molar-refractivity contribution is 6.06. The topological polar surface area (TPSA) is 111 Å². The average Bonchev–Trinajstić information content (AvgIpc) is 3.64. The molecule has 10 nitrogen and oxygen atoms in total. The van der Waals surface area contributed by atoms with Gasteiger partial charge < -0.3 is 29.8 Å². The summed E-state index contributed by atoms with van der Waals surface area (Å²) in [6.07, 6.45) is 4.15. The standard InChI is InChI=1S/C31H38N6O4/c1-3-28-33-25(21-41-28)31(40)34-24-20-23(30(39)32-13-7-15-37-14-6-10-29(37)38)11-12-27(24)36-18-16-35(17-19-36)26-9-5-4-8-22(26)2/h4-5,8-9,11-12,20-21H,3,6-7,10,13-19H2,1-2H3,(H,32,39)(H,34,40). The van der Waals surface area contributed by atoms with Gasteiger partial charge in [-0.2, -0.15) is 0 Å². The Kier molecular flexibility index (Phi) is 8.86. The third-order valence-electron chi connectivity index (χ3n) is 7.73. The number of oxazole rings is 1. The number of amides is 3. The van der Waals surface area contributed by atoms with Gasteiger partial charge >= 0.3 is 0 Å². The van der Waals surface area contributed by atoms with E-state index in [4.69, 9.17) is 4.42 Å². The molecule has 2 aliphatic heterocycles. The second-order valence-electron chi connectivity index (χ2n) is 10.5. The molecule has 0 spiro atoms. The van der Waals surface area contributed by atoms with Crippen molar-refractivity contribution in [3.05, 3.63) is 71.4 Å². The number of carbonyl (C=O) groups is 3. The lowest BCUT2D eigenvalue weighted by molar-refractivity contribution is -0.127. The van der Waals surface area contributed by atoms with E-state index in [1.807, 2.05) is 17.9 Å². The lowest BCUT2D eigenvalue weighted by Crippen LogP contribution is -2.47. The first-order valence-corrected chi connectivity index (χ1v) is 14.4. The normalized spacial score (nSPS) is 15.4. The minimum atomic E-state index is -0.388. The fourth-order valence-corrected chi connectivity index (χ4v) is 5.44. The van der Waals surface area contributed by atoms with E-state index in [9.17, 15) is 14.4 Å². The zero-order valence-corrected chi connectivity index (χ0v) is 23.8. The Bertz CT molecular complexity index is 1390. The third kappa shape index (κ3) is 6.70. The number of anilines is 3. The molecule has 10 heteroatoms. The molecule has 2 aliphatic rings. The molecule has 3 aromatic rings. The van der Waals surface area contributed by atoms with E-state index >= 15 is 0 Å². The van der Waals surface area contributed by atoms with Crippen molar-refractivity contribution in [3.8, 4) is 0 Å². The largest absolute Gasteiger partial charge is 0.448 e. The number of hydrogen-bond donors (Lipinski definition) is 2. The molecule has 0 unspecified atom stereocenters. The molecule has 0 saturated carbocycles. The van der Waals surface area contributed by atoms with Crippen molar-refractivity contribution in [1.82, 2.24) is 15.2 Å². The lowest BCUT2D eigenvalue weighted by atomic mass is 10.1. The molecule has 0 atom stereocenters. The molecule has 2 aromatic carbocycles. The fourth-order valence-electron chi connectivity index (χ4n) is 5.44. The molecule has 41 heavy (non-hydrogen) atoms. The van der Waals surface area contributed by atoms with Crippen LogP contribution in [0.1, 0.15) is 58.5 Å². The minimum absolute atomic E-state index is 0.185. The number of aromatic nitrogens is 1. The van der Waals surface area contributed by atoms with E-state index in [0.29, 0.717) is 49.5 Å². The third-order valence-corrected chi connectivity index (χ3v) is 7.73. The van der Waals surface area contributed by atoms with Gasteiger partial charge in [-0.15, -0.1) is 0 Å². The van der Waals surface area contributed by atoms with Gasteiger partial charge in [-0.05, 0) is 49.6 Å². The van der Waals surface area contributed by atoms with Crippen LogP contribution in [0, 0.1) is 6.92 Å². The summed E-state index contributed by atoms with van der Waals surface area (Å²) in [5.74, 6) is 0.0663. The van der Waals surface area contributed by atoms with Crippen molar-refractivity contribution >= 4 is 34.8 Å². The molecule has 0 bridgehead atoms. The maximum atomic E-state index is 13.1. The summed E-state index contributed by atoms with van der Waals surface area (Å²) in [6, 6.07) is 13.8. The Morgan fingerprint density at radius 1 is 0.976 bits per heavy atom. The number of nitrogens with zero attached hydrogens (tertiary/aromatic N) is 4. The Labute approximate surface area is 240 Å². The van der Waals surface area contributed by atoms with Gasteiger partial charge in [0.25, 0.3) is 11.8 Å². The summed E-state index contributed by atoms with van der Waals surface area (Å²) in [5.41, 5.74) is 4.54. The van der Waals surface area contributed by atoms with Gasteiger partial charge in [-0.25, -0.2) is 4.98 Å². The van der Waals surface area contributed by atoms with Crippen LogP contribution in [0.4, 0.5) is 17.1 Å². The van der Waals surface area contributed by atoms with Gasteiger partial charge in [0.2, 0.25) is 5.91 Å². The van der Waals surface area contributed by atoms with Crippen LogP contribution in [-0.2, 0) is 11.2 Å². The molecular weight excluding hydrogens is 520 g/mol. The predicted octanol–water partition coefficient (Wildman–Crippen LogP) is 3.87. The first-order chi connectivity index (χ1) is 19.9. The van der Waals surface area contributed by atoms with Crippen molar-refractivity contribution in [2.24, 2.45) is 0 Å². The number of rotatable bonds is 10. The molecule has 3 heterocycles. The van der Waals surface area contributed by atoms with Crippen molar-refractivity contribution in [2.75, 3.05) is 60.9 Å². The van der Waals surface area contributed by atoms with Crippen LogP contribution in [0.3, 0.4) is 0 Å². The second-order valence-corrected chi connectivity index (χ2v) is 10.5. The molecule has 0 radical (unpaired) electrons. The summed E-state index contributed by atoms with van der Waals surface area (Å²) in [6.45, 7) is 9.14. The zero-order valence-electron chi connectivity index (χ0n) is 23.8. The monoisotopic (exact) mass is 558 g/mol. The maximum Gasteiger partial charge on any atom is 0.277 e. The summed E-state index contributed by atoms with van der Waals surface area (Å²) >= 11 is 0. The summed E-state index contributed by atoms with van der Waals surface area (Å²) in [4.78, 5) is 48.7. The van der Waals surface area contributed by atoms with Gasteiger partial charge in [0.05, 0.1) is 11.4 Å². The van der Waals surface area contributed by atoms with Crippen LogP contribution in [-0.4, -0.2) is 73.4 Å². The number of nitrogens with one attached hydrogen (secondary N) is 2. The number of piperazine rings is 1. The highest BCUT2D eigenvalue weighted by atomic mass is 16.3. The predicted molar refractivity (Wildman–Crippen MR) is 159 cm³/mol.